The van der Waals surface area contributed by atoms with E-state index in [1.807, 2.05) is 30.3 Å². The maximum absolute atomic E-state index is 13.5. The molecule has 2 atom stereocenters. The van der Waals surface area contributed by atoms with E-state index in [9.17, 15) is 13.9 Å². The van der Waals surface area contributed by atoms with Gasteiger partial charge in [0.1, 0.15) is 11.2 Å². The zero-order valence-electron chi connectivity index (χ0n) is 18.8. The van der Waals surface area contributed by atoms with E-state index in [2.05, 4.69) is 4.98 Å². The van der Waals surface area contributed by atoms with Gasteiger partial charge >= 0.3 is 7.60 Å². The molecule has 0 N–H and O–H groups in total. The normalized spacial score (nSPS) is 14.9. The molecule has 0 aliphatic carbocycles. The topological polar surface area (TPSA) is 96.7 Å². The number of rotatable bonds is 12. The summed E-state index contributed by atoms with van der Waals surface area (Å²) in [6.07, 6.45) is 0.426. The minimum absolute atomic E-state index is 0.153. The molecule has 0 saturated heterocycles. The van der Waals surface area contributed by atoms with Crippen LogP contribution in [0, 0.1) is 0 Å². The van der Waals surface area contributed by atoms with Gasteiger partial charge in [0.2, 0.25) is 7.37 Å². The predicted octanol–water partition coefficient (Wildman–Crippen LogP) is 4.92. The fourth-order valence-corrected chi connectivity index (χ4v) is 8.91. The van der Waals surface area contributed by atoms with Crippen LogP contribution in [-0.2, 0) is 36.2 Å². The Bertz CT molecular complexity index is 999. The quantitative estimate of drug-likeness (QED) is 0.406. The average Bonchev–Trinajstić information content (AvgIpc) is 2.71. The fourth-order valence-electron chi connectivity index (χ4n) is 3.39. The van der Waals surface area contributed by atoms with Crippen molar-refractivity contribution in [2.45, 2.75) is 39.0 Å². The summed E-state index contributed by atoms with van der Waals surface area (Å²) in [5, 5.41) is -0.961. The van der Waals surface area contributed by atoms with E-state index in [1.54, 1.807) is 27.8 Å². The van der Waals surface area contributed by atoms with E-state index >= 15 is 0 Å². The van der Waals surface area contributed by atoms with Crippen molar-refractivity contribution < 1.29 is 22.7 Å². The van der Waals surface area contributed by atoms with E-state index in [4.69, 9.17) is 13.6 Å². The molecule has 2 aromatic rings. The summed E-state index contributed by atoms with van der Waals surface area (Å²) < 4.78 is 44.8. The lowest BCUT2D eigenvalue weighted by Crippen LogP contribution is -2.23. The molecule has 0 bridgehead atoms. The van der Waals surface area contributed by atoms with Gasteiger partial charge in [-0.2, -0.15) is 0 Å². The molecule has 8 nitrogen and oxygen atoms in total. The van der Waals surface area contributed by atoms with Crippen LogP contribution in [-0.4, -0.2) is 41.4 Å². The van der Waals surface area contributed by atoms with Crippen LogP contribution >= 0.6 is 15.0 Å². The molecule has 0 radical (unpaired) electrons. The van der Waals surface area contributed by atoms with E-state index in [1.165, 1.54) is 17.3 Å². The molecule has 1 heterocycles. The molecule has 1 aromatic heterocycles. The number of hydrogen-bond acceptors (Lipinski definition) is 7. The highest BCUT2D eigenvalue weighted by Crippen LogP contribution is 2.69. The molecule has 172 valence electrons. The number of aromatic nitrogens is 2. The van der Waals surface area contributed by atoms with Gasteiger partial charge in [-0.1, -0.05) is 30.3 Å². The van der Waals surface area contributed by atoms with Gasteiger partial charge in [0.05, 0.1) is 25.5 Å². The van der Waals surface area contributed by atoms with Gasteiger partial charge in [-0.15, -0.1) is 0 Å². The standard InChI is InChI=1S/C21H32N2O6P2/c1-6-27-30(5,25)21(31(26,28-7-2)29-8-3)15-14-19-22-18(16-20(24)23(19)4)17-12-10-9-11-13-17/h9-13,16,21H,6-8,14-15H2,1-5H3. The van der Waals surface area contributed by atoms with Crippen molar-refractivity contribution in [1.29, 1.82) is 0 Å². The van der Waals surface area contributed by atoms with Crippen LogP contribution in [0.1, 0.15) is 33.0 Å². The van der Waals surface area contributed by atoms with Gasteiger partial charge in [0.15, 0.2) is 0 Å². The molecule has 1 aromatic carbocycles. The van der Waals surface area contributed by atoms with Crippen molar-refractivity contribution in [3.63, 3.8) is 0 Å². The van der Waals surface area contributed by atoms with E-state index < -0.39 is 20.4 Å². The van der Waals surface area contributed by atoms with Crippen LogP contribution in [0.4, 0.5) is 0 Å². The summed E-state index contributed by atoms with van der Waals surface area (Å²) in [4.78, 5) is 17.2. The van der Waals surface area contributed by atoms with Crippen LogP contribution in [0.2, 0.25) is 0 Å². The summed E-state index contributed by atoms with van der Waals surface area (Å²) in [6.45, 7) is 7.12. The fraction of sp³-hybridized carbons (Fsp3) is 0.524. The third-order valence-electron chi connectivity index (χ3n) is 4.83. The molecule has 0 saturated carbocycles. The smallest absolute Gasteiger partial charge is 0.328 e. The zero-order valence-corrected chi connectivity index (χ0v) is 20.6. The maximum Gasteiger partial charge on any atom is 0.343 e. The maximum atomic E-state index is 13.5. The summed E-state index contributed by atoms with van der Waals surface area (Å²) in [5.41, 5.74) is 1.17. The number of nitrogens with zero attached hydrogens (tertiary/aromatic N) is 2. The van der Waals surface area contributed by atoms with Crippen LogP contribution in [0.3, 0.4) is 0 Å². The second kappa shape index (κ2) is 11.3. The summed E-state index contributed by atoms with van der Waals surface area (Å²) in [7, 11) is -5.43. The Morgan fingerprint density at radius 2 is 1.58 bits per heavy atom. The first-order chi connectivity index (χ1) is 14.7. The van der Waals surface area contributed by atoms with E-state index in [-0.39, 0.29) is 38.2 Å². The summed E-state index contributed by atoms with van der Waals surface area (Å²) >= 11 is 0. The Hall–Kier alpha value is -1.56. The lowest BCUT2D eigenvalue weighted by atomic mass is 10.1. The van der Waals surface area contributed by atoms with Gasteiger partial charge in [-0.25, -0.2) is 4.98 Å². The second-order valence-corrected chi connectivity index (χ2v) is 12.4. The summed E-state index contributed by atoms with van der Waals surface area (Å²) in [6, 6.07) is 10.9. The molecule has 0 fully saturated rings. The highest BCUT2D eigenvalue weighted by molar-refractivity contribution is 7.74. The first kappa shape index (κ1) is 25.7. The lowest BCUT2D eigenvalue weighted by Gasteiger charge is -2.30. The highest BCUT2D eigenvalue weighted by Gasteiger charge is 2.46. The monoisotopic (exact) mass is 470 g/mol. The molecule has 2 rings (SSSR count). The predicted molar refractivity (Wildman–Crippen MR) is 123 cm³/mol. The van der Waals surface area contributed by atoms with E-state index in [0.717, 1.165) is 5.56 Å². The largest absolute Gasteiger partial charge is 0.343 e. The first-order valence-corrected chi connectivity index (χ1v) is 14.2. The van der Waals surface area contributed by atoms with Crippen molar-refractivity contribution in [3.05, 3.63) is 52.6 Å². The highest BCUT2D eigenvalue weighted by atomic mass is 31.2. The Kier molecular flexibility index (Phi) is 9.41. The van der Waals surface area contributed by atoms with Gasteiger partial charge in [0.25, 0.3) is 5.56 Å². The third kappa shape index (κ3) is 6.47. The van der Waals surface area contributed by atoms with Gasteiger partial charge in [0, 0.05) is 31.8 Å². The zero-order chi connectivity index (χ0) is 23.1. The molecular formula is C21H32N2O6P2. The molecular weight excluding hydrogens is 438 g/mol. The number of aryl methyl sites for hydroxylation is 1. The van der Waals surface area contributed by atoms with Gasteiger partial charge in [-0.05, 0) is 27.2 Å². The minimum atomic E-state index is -3.72. The van der Waals surface area contributed by atoms with E-state index in [0.29, 0.717) is 11.5 Å². The second-order valence-electron chi connectivity index (χ2n) is 7.04. The molecule has 0 amide bonds. The van der Waals surface area contributed by atoms with Crippen LogP contribution in [0.25, 0.3) is 11.3 Å². The molecule has 0 spiro atoms. The molecule has 2 unspecified atom stereocenters. The van der Waals surface area contributed by atoms with Crippen molar-refractivity contribution in [1.82, 2.24) is 9.55 Å². The Morgan fingerprint density at radius 3 is 2.13 bits per heavy atom. The Labute approximate surface area is 183 Å². The Morgan fingerprint density at radius 1 is 1.00 bits per heavy atom. The average molecular weight is 470 g/mol. The van der Waals surface area contributed by atoms with Gasteiger partial charge < -0.3 is 13.6 Å². The minimum Gasteiger partial charge on any atom is -0.328 e. The summed E-state index contributed by atoms with van der Waals surface area (Å²) in [5.74, 6) is 0.493. The van der Waals surface area contributed by atoms with Crippen LogP contribution in [0.5, 0.6) is 0 Å². The third-order valence-corrected chi connectivity index (χ3v) is 11.3. The van der Waals surface area contributed by atoms with Crippen molar-refractivity contribution >= 4 is 15.0 Å². The SMILES string of the molecule is CCOP(C)(=O)C(CCc1nc(-c2ccccc2)cc(=O)n1C)P(=O)(OCC)OCC. The number of hydrogen-bond donors (Lipinski definition) is 0. The lowest BCUT2D eigenvalue weighted by molar-refractivity contribution is 0.214. The molecule has 0 aliphatic rings. The number of benzene rings is 1. The van der Waals surface area contributed by atoms with Crippen LogP contribution in [0.15, 0.2) is 41.2 Å². The first-order valence-electron chi connectivity index (χ1n) is 10.4. The van der Waals surface area contributed by atoms with Crippen molar-refractivity contribution in [2.24, 2.45) is 7.05 Å². The van der Waals surface area contributed by atoms with Gasteiger partial charge in [-0.3, -0.25) is 18.5 Å². The Balaban J connectivity index is 2.43. The van der Waals surface area contributed by atoms with Crippen molar-refractivity contribution in [3.8, 4) is 11.3 Å². The van der Waals surface area contributed by atoms with Crippen LogP contribution < -0.4 is 5.56 Å². The molecule has 0 aliphatic heterocycles. The van der Waals surface area contributed by atoms with Crippen molar-refractivity contribution in [2.75, 3.05) is 26.5 Å². The molecule has 10 heteroatoms. The molecule has 31 heavy (non-hydrogen) atoms.